The number of thiophene rings is 1. The Morgan fingerprint density at radius 2 is 1.81 bits per heavy atom. The van der Waals surface area contributed by atoms with Crippen molar-refractivity contribution in [3.8, 4) is 11.1 Å². The average molecular weight is 273 g/mol. The van der Waals surface area contributed by atoms with Crippen molar-refractivity contribution in [1.82, 2.24) is 0 Å². The molecule has 1 aromatic heterocycles. The predicted molar refractivity (Wildman–Crippen MR) is 67.5 cm³/mol. The molecule has 2 nitrogen and oxygen atoms in total. The minimum absolute atomic E-state index is 0.212. The van der Waals surface area contributed by atoms with E-state index in [0.717, 1.165) is 22.5 Å². The summed E-state index contributed by atoms with van der Waals surface area (Å²) in [4.78, 5) is 0. The smallest absolute Gasteiger partial charge is 0.206 e. The maximum absolute atomic E-state index is 11.4. The second-order valence-corrected chi connectivity index (χ2v) is 7.05. The number of aryl methyl sites for hydroxylation is 1. The Hall–Kier alpha value is -0.840. The van der Waals surface area contributed by atoms with E-state index in [2.05, 4.69) is 0 Å². The molecule has 1 aromatic carbocycles. The summed E-state index contributed by atoms with van der Waals surface area (Å²) in [6.07, 6.45) is 0. The molecule has 0 saturated carbocycles. The second-order valence-electron chi connectivity index (χ2n) is 3.37. The van der Waals surface area contributed by atoms with E-state index < -0.39 is 9.05 Å². The fourth-order valence-electron chi connectivity index (χ4n) is 1.56. The Kier molecular flexibility index (Phi) is 3.06. The molecule has 0 spiro atoms. The molecular formula is C11H9ClO2S2. The first-order valence-corrected chi connectivity index (χ1v) is 7.77. The van der Waals surface area contributed by atoms with E-state index in [0.29, 0.717) is 5.56 Å². The van der Waals surface area contributed by atoms with Crippen LogP contribution in [0.1, 0.15) is 5.56 Å². The Balaban J connectivity index is 2.68. The highest BCUT2D eigenvalue weighted by Crippen LogP contribution is 2.35. The van der Waals surface area contributed by atoms with Gasteiger partial charge in [0.2, 0.25) is 0 Å². The largest absolute Gasteiger partial charge is 0.271 e. The van der Waals surface area contributed by atoms with Crippen molar-refractivity contribution in [2.45, 2.75) is 11.1 Å². The summed E-state index contributed by atoms with van der Waals surface area (Å²) in [5.41, 5.74) is 2.61. The van der Waals surface area contributed by atoms with Gasteiger partial charge in [0.1, 0.15) is 4.21 Å². The van der Waals surface area contributed by atoms with E-state index >= 15 is 0 Å². The van der Waals surface area contributed by atoms with Crippen molar-refractivity contribution in [2.24, 2.45) is 0 Å². The van der Waals surface area contributed by atoms with Crippen LogP contribution >= 0.6 is 22.0 Å². The van der Waals surface area contributed by atoms with Crippen LogP contribution in [0, 0.1) is 6.92 Å². The van der Waals surface area contributed by atoms with Gasteiger partial charge in [-0.1, -0.05) is 24.3 Å². The third-order valence-corrected chi connectivity index (χ3v) is 5.34. The van der Waals surface area contributed by atoms with Gasteiger partial charge in [-0.2, -0.15) is 0 Å². The predicted octanol–water partition coefficient (Wildman–Crippen LogP) is 3.65. The van der Waals surface area contributed by atoms with Crippen LogP contribution < -0.4 is 0 Å². The molecule has 0 N–H and O–H groups in total. The molecule has 0 amide bonds. The molecule has 1 heterocycles. The third kappa shape index (κ3) is 2.14. The van der Waals surface area contributed by atoms with Gasteiger partial charge in [-0.05, 0) is 29.5 Å². The summed E-state index contributed by atoms with van der Waals surface area (Å²) < 4.78 is 23.0. The summed E-state index contributed by atoms with van der Waals surface area (Å²) in [6, 6.07) is 9.41. The molecule has 84 valence electrons. The van der Waals surface area contributed by atoms with Crippen LogP contribution in [0.2, 0.25) is 0 Å². The van der Waals surface area contributed by atoms with Crippen LogP contribution in [0.4, 0.5) is 0 Å². The Labute approximate surface area is 103 Å². The van der Waals surface area contributed by atoms with Gasteiger partial charge in [-0.25, -0.2) is 8.42 Å². The highest BCUT2D eigenvalue weighted by Gasteiger charge is 2.19. The first-order valence-electron chi connectivity index (χ1n) is 4.58. The second kappa shape index (κ2) is 4.20. The minimum Gasteiger partial charge on any atom is -0.206 e. The monoisotopic (exact) mass is 272 g/mol. The van der Waals surface area contributed by atoms with Crippen molar-refractivity contribution in [2.75, 3.05) is 0 Å². The Bertz CT molecular complexity index is 614. The van der Waals surface area contributed by atoms with E-state index in [1.54, 1.807) is 11.4 Å². The van der Waals surface area contributed by atoms with E-state index in [9.17, 15) is 8.42 Å². The lowest BCUT2D eigenvalue weighted by Gasteiger charge is -2.04. The lowest BCUT2D eigenvalue weighted by atomic mass is 10.0. The maximum atomic E-state index is 11.4. The summed E-state index contributed by atoms with van der Waals surface area (Å²) in [7, 11) is 1.73. The molecule has 2 rings (SSSR count). The van der Waals surface area contributed by atoms with Gasteiger partial charge >= 0.3 is 0 Å². The van der Waals surface area contributed by atoms with Crippen LogP contribution in [-0.4, -0.2) is 8.42 Å². The normalized spacial score (nSPS) is 11.6. The summed E-state index contributed by atoms with van der Waals surface area (Å²) in [5, 5.41) is 1.73. The maximum Gasteiger partial charge on any atom is 0.271 e. The third-order valence-electron chi connectivity index (χ3n) is 2.29. The molecular weight excluding hydrogens is 264 g/mol. The molecule has 0 radical (unpaired) electrons. The number of rotatable bonds is 2. The van der Waals surface area contributed by atoms with Gasteiger partial charge in [-0.15, -0.1) is 11.3 Å². The molecule has 5 heteroatoms. The molecule has 2 aromatic rings. The zero-order chi connectivity index (χ0) is 11.8. The van der Waals surface area contributed by atoms with Crippen LogP contribution in [0.25, 0.3) is 11.1 Å². The van der Waals surface area contributed by atoms with Crippen LogP contribution in [0.15, 0.2) is 39.9 Å². The molecule has 0 aliphatic carbocycles. The summed E-state index contributed by atoms with van der Waals surface area (Å²) in [6.45, 7) is 1.94. The quantitative estimate of drug-likeness (QED) is 0.782. The number of hydrogen-bond acceptors (Lipinski definition) is 3. The Morgan fingerprint density at radius 1 is 1.12 bits per heavy atom. The van der Waals surface area contributed by atoms with Crippen molar-refractivity contribution in [3.05, 3.63) is 41.3 Å². The number of hydrogen-bond donors (Lipinski definition) is 0. The minimum atomic E-state index is -3.66. The number of halogens is 1. The molecule has 0 bridgehead atoms. The molecule has 16 heavy (non-hydrogen) atoms. The van der Waals surface area contributed by atoms with Crippen LogP contribution in [-0.2, 0) is 9.05 Å². The first-order chi connectivity index (χ1) is 7.50. The van der Waals surface area contributed by atoms with Crippen molar-refractivity contribution in [3.63, 3.8) is 0 Å². The highest BCUT2D eigenvalue weighted by molar-refractivity contribution is 8.15. The fraction of sp³-hybridized carbons (Fsp3) is 0.0909. The van der Waals surface area contributed by atoms with Crippen molar-refractivity contribution >= 4 is 31.1 Å². The first kappa shape index (κ1) is 11.6. The number of benzene rings is 1. The topological polar surface area (TPSA) is 34.1 Å². The van der Waals surface area contributed by atoms with Crippen LogP contribution in [0.3, 0.4) is 0 Å². The van der Waals surface area contributed by atoms with Gasteiger partial charge in [0, 0.05) is 16.2 Å². The molecule has 0 aliphatic heterocycles. The molecule has 0 saturated heterocycles. The molecule has 0 atom stereocenters. The van der Waals surface area contributed by atoms with Crippen molar-refractivity contribution < 1.29 is 8.42 Å². The van der Waals surface area contributed by atoms with E-state index in [1.165, 1.54) is 0 Å². The van der Waals surface area contributed by atoms with Gasteiger partial charge in [0.05, 0.1) is 0 Å². The zero-order valence-electron chi connectivity index (χ0n) is 8.48. The average Bonchev–Trinajstić information content (AvgIpc) is 2.66. The standard InChI is InChI=1S/C11H9ClO2S2/c1-8-4-2-3-5-9(8)10-6-7-15-11(10)16(12,13)14/h2-7H,1H3. The van der Waals surface area contributed by atoms with Crippen molar-refractivity contribution in [1.29, 1.82) is 0 Å². The van der Waals surface area contributed by atoms with E-state index in [-0.39, 0.29) is 4.21 Å². The molecule has 0 fully saturated rings. The summed E-state index contributed by atoms with van der Waals surface area (Å²) >= 11 is 1.14. The molecule has 0 aliphatic rings. The lowest BCUT2D eigenvalue weighted by molar-refractivity contribution is 0.611. The van der Waals surface area contributed by atoms with Gasteiger partial charge in [0.15, 0.2) is 0 Å². The Morgan fingerprint density at radius 3 is 2.44 bits per heavy atom. The highest BCUT2D eigenvalue weighted by atomic mass is 35.7. The lowest BCUT2D eigenvalue weighted by Crippen LogP contribution is -1.90. The molecule has 0 unspecified atom stereocenters. The van der Waals surface area contributed by atoms with Gasteiger partial charge in [0.25, 0.3) is 9.05 Å². The zero-order valence-corrected chi connectivity index (χ0v) is 10.9. The fourth-order valence-corrected chi connectivity index (χ4v) is 3.84. The van der Waals surface area contributed by atoms with Gasteiger partial charge < -0.3 is 0 Å². The summed E-state index contributed by atoms with van der Waals surface area (Å²) in [5.74, 6) is 0. The van der Waals surface area contributed by atoms with E-state index in [1.807, 2.05) is 31.2 Å². The SMILES string of the molecule is Cc1ccccc1-c1ccsc1S(=O)(=O)Cl. The van der Waals surface area contributed by atoms with Crippen LogP contribution in [0.5, 0.6) is 0 Å². The van der Waals surface area contributed by atoms with Gasteiger partial charge in [-0.3, -0.25) is 0 Å². The van der Waals surface area contributed by atoms with E-state index in [4.69, 9.17) is 10.7 Å².